The number of hydrogen-bond acceptors (Lipinski definition) is 17. The fourth-order valence-electron chi connectivity index (χ4n) is 7.52. The van der Waals surface area contributed by atoms with E-state index in [9.17, 15) is 19.2 Å². The quantitative estimate of drug-likeness (QED) is 0.114. The summed E-state index contributed by atoms with van der Waals surface area (Å²) >= 11 is 0. The Morgan fingerprint density at radius 2 is 0.735 bits per heavy atom. The van der Waals surface area contributed by atoms with E-state index in [1.54, 1.807) is 44.9 Å². The summed E-state index contributed by atoms with van der Waals surface area (Å²) in [6, 6.07) is 0. The van der Waals surface area contributed by atoms with Crippen molar-refractivity contribution >= 4 is 23.7 Å². The number of carbonyl (C=O) groups is 4. The van der Waals surface area contributed by atoms with E-state index in [0.717, 1.165) is 157 Å². The summed E-state index contributed by atoms with van der Waals surface area (Å²) in [5, 5.41) is 10.4. The number of nitrogens with zero attached hydrogens (tertiary/aromatic N) is 10. The average Bonchev–Trinajstić information content (AvgIpc) is 3.31. The number of rotatable bonds is 16. The van der Waals surface area contributed by atoms with Crippen molar-refractivity contribution in [2.45, 2.75) is 67.2 Å². The molecule has 20 heteroatoms. The first kappa shape index (κ1) is 67.5. The van der Waals surface area contributed by atoms with Gasteiger partial charge in [0.05, 0.1) is 32.8 Å². The Bertz CT molecular complexity index is 1220. The molecule has 20 nitrogen and oxygen atoms in total. The number of nitrogens with one attached hydrogen (secondary N) is 1. The number of aliphatic hydroxyl groups is 1. The molecule has 0 aromatic carbocycles. The van der Waals surface area contributed by atoms with E-state index in [0.29, 0.717) is 59.0 Å². The molecule has 2 saturated heterocycles. The molecule has 2 fully saturated rings. The molecule has 0 aromatic rings. The number of nitrogens with two attached hydrogens (primary N) is 3. The number of aliphatic hydroxyl groups excluding tert-OH is 1. The summed E-state index contributed by atoms with van der Waals surface area (Å²) in [7, 11) is 7.22. The third-order valence-electron chi connectivity index (χ3n) is 11.9. The van der Waals surface area contributed by atoms with Crippen molar-refractivity contribution in [3.63, 3.8) is 0 Å². The van der Waals surface area contributed by atoms with Crippen LogP contribution in [0.25, 0.3) is 0 Å². The molecular weight excluding hydrogens is 869 g/mol. The molecule has 404 valence electrons. The summed E-state index contributed by atoms with van der Waals surface area (Å²) in [4.78, 5) is 71.2. The van der Waals surface area contributed by atoms with Crippen LogP contribution < -0.4 is 22.5 Å². The molecule has 0 atom stereocenters. The zero-order valence-electron chi connectivity index (χ0n) is 45.2. The molecule has 0 unspecified atom stereocenters. The number of ether oxygens (including phenoxy) is 1. The van der Waals surface area contributed by atoms with Gasteiger partial charge in [0, 0.05) is 120 Å². The Balaban J connectivity index is 0. The molecule has 0 aromatic heterocycles. The Kier molecular flexibility index (Phi) is 45.2. The third kappa shape index (κ3) is 37.3. The van der Waals surface area contributed by atoms with Gasteiger partial charge in [0.15, 0.2) is 0 Å². The van der Waals surface area contributed by atoms with Crippen LogP contribution in [0, 0.1) is 0 Å². The van der Waals surface area contributed by atoms with Gasteiger partial charge in [-0.2, -0.15) is 0 Å². The van der Waals surface area contributed by atoms with Crippen LogP contribution in [0.5, 0.6) is 0 Å². The van der Waals surface area contributed by atoms with Gasteiger partial charge in [0.1, 0.15) is 0 Å². The summed E-state index contributed by atoms with van der Waals surface area (Å²) < 4.78 is 5.17. The van der Waals surface area contributed by atoms with Crippen molar-refractivity contribution < 1.29 is 29.0 Å². The first-order valence-corrected chi connectivity index (χ1v) is 25.9. The fraction of sp³-hybridized carbons (Fsp3) is 0.917. The summed E-state index contributed by atoms with van der Waals surface area (Å²) in [6.07, 6.45) is 4.13. The van der Waals surface area contributed by atoms with Crippen molar-refractivity contribution in [3.05, 3.63) is 0 Å². The van der Waals surface area contributed by atoms with Gasteiger partial charge in [-0.15, -0.1) is 0 Å². The Morgan fingerprint density at radius 1 is 0.456 bits per heavy atom. The van der Waals surface area contributed by atoms with Crippen molar-refractivity contribution in [2.24, 2.45) is 17.2 Å². The first-order valence-electron chi connectivity index (χ1n) is 25.9. The minimum Gasteiger partial charge on any atom is -0.465 e. The van der Waals surface area contributed by atoms with E-state index in [1.807, 2.05) is 6.92 Å². The molecule has 0 spiro atoms. The molecule has 2 heterocycles. The van der Waals surface area contributed by atoms with E-state index in [1.165, 1.54) is 0 Å². The Labute approximate surface area is 415 Å². The van der Waals surface area contributed by atoms with Crippen molar-refractivity contribution in [1.29, 1.82) is 0 Å². The second kappa shape index (κ2) is 45.5. The highest BCUT2D eigenvalue weighted by Gasteiger charge is 2.20. The summed E-state index contributed by atoms with van der Waals surface area (Å²) in [5.74, 6) is 0.104. The lowest BCUT2D eigenvalue weighted by Crippen LogP contribution is -2.46. The minimum atomic E-state index is -0.166. The summed E-state index contributed by atoms with van der Waals surface area (Å²) in [5.41, 5.74) is 15.3. The molecule has 8 N–H and O–H groups in total. The minimum absolute atomic E-state index is 0.0217. The van der Waals surface area contributed by atoms with Crippen LogP contribution in [0.2, 0.25) is 0 Å². The van der Waals surface area contributed by atoms with Gasteiger partial charge in [-0.3, -0.25) is 38.8 Å². The van der Waals surface area contributed by atoms with Crippen LogP contribution in [0.3, 0.4) is 0 Å². The predicted octanol–water partition coefficient (Wildman–Crippen LogP) is -1.23. The maximum Gasteiger partial charge on any atom is 0.320 e. The van der Waals surface area contributed by atoms with Gasteiger partial charge in [0.2, 0.25) is 17.7 Å². The lowest BCUT2D eigenvalue weighted by atomic mass is 10.2. The molecule has 2 rings (SSSR count). The molecule has 2 aliphatic heterocycles. The molecular formula is C48H106N14O6. The molecule has 0 radical (unpaired) electrons. The zero-order valence-corrected chi connectivity index (χ0v) is 45.2. The van der Waals surface area contributed by atoms with Crippen LogP contribution in [-0.4, -0.2) is 302 Å². The summed E-state index contributed by atoms with van der Waals surface area (Å²) in [6.45, 7) is 36.1. The van der Waals surface area contributed by atoms with E-state index < -0.39 is 0 Å². The number of carbonyl (C=O) groups excluding carboxylic acids is 4. The van der Waals surface area contributed by atoms with Crippen molar-refractivity contribution in [2.75, 3.05) is 225 Å². The lowest BCUT2D eigenvalue weighted by Gasteiger charge is -2.31. The second-order valence-corrected chi connectivity index (χ2v) is 17.7. The highest BCUT2D eigenvalue weighted by atomic mass is 16.5. The average molecular weight is 975 g/mol. The monoisotopic (exact) mass is 975 g/mol. The molecule has 0 aliphatic carbocycles. The van der Waals surface area contributed by atoms with Gasteiger partial charge in [-0.05, 0) is 112 Å². The highest BCUT2D eigenvalue weighted by Crippen LogP contribution is 2.06. The number of likely N-dealkylation sites (N-methyl/N-ethyl adjacent to an activating group) is 6. The third-order valence-corrected chi connectivity index (χ3v) is 11.9. The van der Waals surface area contributed by atoms with Crippen molar-refractivity contribution in [1.82, 2.24) is 54.3 Å². The van der Waals surface area contributed by atoms with Crippen LogP contribution >= 0.6 is 0 Å². The topological polar surface area (TPSA) is 220 Å². The van der Waals surface area contributed by atoms with Gasteiger partial charge >= 0.3 is 5.97 Å². The van der Waals surface area contributed by atoms with Crippen LogP contribution in [0.15, 0.2) is 0 Å². The number of esters is 1. The molecule has 3 amide bonds. The molecule has 68 heavy (non-hydrogen) atoms. The number of hydrogen-bond donors (Lipinski definition) is 5. The van der Waals surface area contributed by atoms with E-state index >= 15 is 0 Å². The standard InChI is InChI=1S/C22H47N7O2.C22H45N5O3.C2H8N2.C2H6O/c1-5-26-11-7-13-28(19-21(30)24-10-9-23)17-18-29(20-22(31)25(3)4)14-8-12-27(6-2)16-15-26;1-6-24-11-9-13-26(19-21(28)23(4)5)17-18-27(20-22(29)30-8-3)14-10-12-25(7-2)16-15-24;3-1-2-4;1-2-3/h5-20,23H2,1-4H3,(H,24,30);6-20H2,1-5H3;1-4H2;3H,2H2,1H3. The Hall–Kier alpha value is -2.60. The zero-order chi connectivity index (χ0) is 51.5. The largest absolute Gasteiger partial charge is 0.465 e. The lowest BCUT2D eigenvalue weighted by molar-refractivity contribution is -0.144. The Morgan fingerprint density at radius 3 is 1.00 bits per heavy atom. The fourth-order valence-corrected chi connectivity index (χ4v) is 7.52. The van der Waals surface area contributed by atoms with Gasteiger partial charge < -0.3 is 61.8 Å². The van der Waals surface area contributed by atoms with Crippen molar-refractivity contribution in [3.8, 4) is 0 Å². The van der Waals surface area contributed by atoms with Crippen LogP contribution in [0.4, 0.5) is 0 Å². The SMILES string of the molecule is CCN1CCCN(CC(=O)NCCN)CCN(CC(=O)N(C)C)CCCN(CC)CC1.CCO.CCOC(=O)CN1CCCN(CC)CCN(CC)CCCN(CC(=O)N(C)C)CC1.NCCN. The van der Waals surface area contributed by atoms with E-state index in [4.69, 9.17) is 27.0 Å². The van der Waals surface area contributed by atoms with E-state index in [2.05, 4.69) is 72.2 Å². The predicted molar refractivity (Wildman–Crippen MR) is 280 cm³/mol. The van der Waals surface area contributed by atoms with Crippen LogP contribution in [0.1, 0.15) is 67.2 Å². The maximum absolute atomic E-state index is 12.3. The smallest absolute Gasteiger partial charge is 0.320 e. The van der Waals surface area contributed by atoms with Gasteiger partial charge in [0.25, 0.3) is 0 Å². The molecule has 0 saturated carbocycles. The first-order chi connectivity index (χ1) is 32.6. The van der Waals surface area contributed by atoms with E-state index in [-0.39, 0.29) is 30.3 Å². The number of amides is 3. The molecule has 0 bridgehead atoms. The highest BCUT2D eigenvalue weighted by molar-refractivity contribution is 5.78. The van der Waals surface area contributed by atoms with Gasteiger partial charge in [-0.25, -0.2) is 0 Å². The van der Waals surface area contributed by atoms with Crippen LogP contribution in [-0.2, 0) is 23.9 Å². The second-order valence-electron chi connectivity index (χ2n) is 17.7. The normalized spacial score (nSPS) is 18.4. The van der Waals surface area contributed by atoms with Gasteiger partial charge in [-0.1, -0.05) is 27.7 Å². The molecule has 2 aliphatic rings. The maximum atomic E-state index is 12.3.